The predicted molar refractivity (Wildman–Crippen MR) is 152 cm³/mol. The third-order valence-corrected chi connectivity index (χ3v) is 6.62. The molecule has 0 saturated heterocycles. The zero-order chi connectivity index (χ0) is 26.1. The molecule has 0 bridgehead atoms. The number of pyridine rings is 1. The first kappa shape index (κ1) is 28.4. The maximum atomic E-state index is 12.6. The monoisotopic (exact) mass is 501 g/mol. The van der Waals surface area contributed by atoms with E-state index in [0.717, 1.165) is 36.5 Å². The zero-order valence-corrected chi connectivity index (χ0v) is 22.7. The number of carbonyl (C=O) groups excluding carboxylic acids is 1. The van der Waals surface area contributed by atoms with Gasteiger partial charge in [0.05, 0.1) is 24.1 Å². The Labute approximate surface area is 223 Å². The quantitative estimate of drug-likeness (QED) is 0.105. The first-order valence-electron chi connectivity index (χ1n) is 14.2. The summed E-state index contributed by atoms with van der Waals surface area (Å²) in [6, 6.07) is 19.1. The zero-order valence-electron chi connectivity index (χ0n) is 22.7. The van der Waals surface area contributed by atoms with Crippen molar-refractivity contribution >= 4 is 5.97 Å². The van der Waals surface area contributed by atoms with Gasteiger partial charge in [-0.3, -0.25) is 4.98 Å². The van der Waals surface area contributed by atoms with Crippen LogP contribution in [0.2, 0.25) is 0 Å². The molecule has 0 aliphatic carbocycles. The van der Waals surface area contributed by atoms with Crippen LogP contribution in [0.3, 0.4) is 0 Å². The topological polar surface area (TPSA) is 48.4 Å². The lowest BCUT2D eigenvalue weighted by Crippen LogP contribution is -2.08. The van der Waals surface area contributed by atoms with E-state index in [1.807, 2.05) is 60.7 Å². The Morgan fingerprint density at radius 2 is 1.30 bits per heavy atom. The minimum Gasteiger partial charge on any atom is -0.492 e. The van der Waals surface area contributed by atoms with Crippen LogP contribution in [0.15, 0.2) is 66.9 Å². The summed E-state index contributed by atoms with van der Waals surface area (Å²) >= 11 is 0. The molecule has 0 aliphatic rings. The summed E-state index contributed by atoms with van der Waals surface area (Å²) in [6.45, 7) is 5.20. The molecular weight excluding hydrogens is 458 g/mol. The molecule has 1 heterocycles. The number of benzene rings is 2. The van der Waals surface area contributed by atoms with Gasteiger partial charge in [0.25, 0.3) is 0 Å². The van der Waals surface area contributed by atoms with Crippen LogP contribution in [0, 0.1) is 0 Å². The average Bonchev–Trinajstić information content (AvgIpc) is 2.94. The van der Waals surface area contributed by atoms with E-state index in [9.17, 15) is 4.79 Å². The third-order valence-electron chi connectivity index (χ3n) is 6.62. The molecule has 198 valence electrons. The molecule has 4 heteroatoms. The van der Waals surface area contributed by atoms with Gasteiger partial charge in [0.15, 0.2) is 0 Å². The molecule has 3 rings (SSSR count). The highest BCUT2D eigenvalue weighted by molar-refractivity contribution is 5.91. The smallest absolute Gasteiger partial charge is 0.343 e. The van der Waals surface area contributed by atoms with Gasteiger partial charge in [-0.2, -0.15) is 0 Å². The van der Waals surface area contributed by atoms with Gasteiger partial charge in [0.2, 0.25) is 0 Å². The van der Waals surface area contributed by atoms with E-state index in [1.165, 1.54) is 69.8 Å². The van der Waals surface area contributed by atoms with E-state index < -0.39 is 0 Å². The molecule has 0 radical (unpaired) electrons. The van der Waals surface area contributed by atoms with E-state index in [-0.39, 0.29) is 5.97 Å². The Bertz CT molecular complexity index is 1030. The van der Waals surface area contributed by atoms with Crippen molar-refractivity contribution in [3.05, 3.63) is 78.0 Å². The van der Waals surface area contributed by atoms with Gasteiger partial charge in [-0.15, -0.1) is 0 Å². The van der Waals surface area contributed by atoms with Crippen LogP contribution in [0.1, 0.15) is 100 Å². The summed E-state index contributed by atoms with van der Waals surface area (Å²) in [6.07, 6.45) is 16.7. The second-order valence-corrected chi connectivity index (χ2v) is 9.77. The summed E-state index contributed by atoms with van der Waals surface area (Å²) in [7, 11) is 0. The Balaban J connectivity index is 1.42. The van der Waals surface area contributed by atoms with Crippen molar-refractivity contribution in [1.29, 1.82) is 0 Å². The van der Waals surface area contributed by atoms with Gasteiger partial charge in [0, 0.05) is 5.56 Å². The molecule has 1 aromatic heterocycles. The van der Waals surface area contributed by atoms with Crippen molar-refractivity contribution in [1.82, 2.24) is 4.98 Å². The Morgan fingerprint density at radius 1 is 0.676 bits per heavy atom. The van der Waals surface area contributed by atoms with Crippen molar-refractivity contribution in [3.8, 4) is 22.8 Å². The highest BCUT2D eigenvalue weighted by Crippen LogP contribution is 2.23. The first-order valence-corrected chi connectivity index (χ1v) is 14.2. The van der Waals surface area contributed by atoms with Crippen LogP contribution >= 0.6 is 0 Å². The molecule has 0 amide bonds. The van der Waals surface area contributed by atoms with Crippen LogP contribution in [0.5, 0.6) is 11.5 Å². The molecule has 0 spiro atoms. The van der Waals surface area contributed by atoms with Gasteiger partial charge >= 0.3 is 5.97 Å². The standard InChI is InChI=1S/C33H43NO3/c1-3-5-7-9-10-11-13-25-36-31-23-24-32(34-26-31)28-19-21-30(22-20-28)37-33(35)29-17-15-27(16-18-29)14-12-8-6-4-2/h15-24,26H,3-14,25H2,1-2H3. The molecule has 0 atom stereocenters. The van der Waals surface area contributed by atoms with E-state index in [4.69, 9.17) is 9.47 Å². The number of esters is 1. The number of nitrogens with zero attached hydrogens (tertiary/aromatic N) is 1. The predicted octanol–water partition coefficient (Wildman–Crippen LogP) is 9.22. The van der Waals surface area contributed by atoms with Crippen LogP contribution < -0.4 is 9.47 Å². The number of hydrogen-bond donors (Lipinski definition) is 0. The fourth-order valence-electron chi connectivity index (χ4n) is 4.31. The average molecular weight is 502 g/mol. The van der Waals surface area contributed by atoms with Crippen molar-refractivity contribution in [3.63, 3.8) is 0 Å². The normalized spacial score (nSPS) is 10.9. The third kappa shape index (κ3) is 10.4. The molecule has 2 aromatic carbocycles. The van der Waals surface area contributed by atoms with Gasteiger partial charge < -0.3 is 9.47 Å². The van der Waals surface area contributed by atoms with Crippen LogP contribution in [-0.2, 0) is 6.42 Å². The Kier molecular flexibility index (Phi) is 12.7. The van der Waals surface area contributed by atoms with Crippen molar-refractivity contribution in [2.75, 3.05) is 6.61 Å². The highest BCUT2D eigenvalue weighted by Gasteiger charge is 2.09. The minimum absolute atomic E-state index is 0.342. The summed E-state index contributed by atoms with van der Waals surface area (Å²) < 4.78 is 11.4. The molecule has 0 unspecified atom stereocenters. The number of ether oxygens (including phenoxy) is 2. The Hall–Kier alpha value is -3.14. The fraction of sp³-hybridized carbons (Fsp3) is 0.455. The summed E-state index contributed by atoms with van der Waals surface area (Å²) in [5.74, 6) is 0.977. The SMILES string of the molecule is CCCCCCCCCOc1ccc(-c2ccc(OC(=O)c3ccc(CCCCCC)cc3)cc2)nc1. The van der Waals surface area contributed by atoms with Gasteiger partial charge in [-0.25, -0.2) is 4.79 Å². The summed E-state index contributed by atoms with van der Waals surface area (Å²) in [4.78, 5) is 17.1. The van der Waals surface area contributed by atoms with E-state index in [0.29, 0.717) is 11.3 Å². The lowest BCUT2D eigenvalue weighted by molar-refractivity contribution is 0.0734. The first-order chi connectivity index (χ1) is 18.2. The molecule has 0 saturated carbocycles. The maximum absolute atomic E-state index is 12.6. The number of aromatic nitrogens is 1. The molecule has 0 aliphatic heterocycles. The highest BCUT2D eigenvalue weighted by atomic mass is 16.5. The van der Waals surface area contributed by atoms with Crippen LogP contribution in [0.4, 0.5) is 0 Å². The summed E-state index contributed by atoms with van der Waals surface area (Å²) in [5.41, 5.74) is 3.65. The van der Waals surface area contributed by atoms with Gasteiger partial charge in [-0.05, 0) is 73.4 Å². The Morgan fingerprint density at radius 3 is 1.95 bits per heavy atom. The number of aryl methyl sites for hydroxylation is 1. The van der Waals surface area contributed by atoms with Crippen molar-refractivity contribution in [2.45, 2.75) is 90.9 Å². The van der Waals surface area contributed by atoms with Crippen LogP contribution in [0.25, 0.3) is 11.3 Å². The van der Waals surface area contributed by atoms with Crippen molar-refractivity contribution in [2.24, 2.45) is 0 Å². The second kappa shape index (κ2) is 16.6. The van der Waals surface area contributed by atoms with E-state index in [2.05, 4.69) is 18.8 Å². The van der Waals surface area contributed by atoms with Gasteiger partial charge in [0.1, 0.15) is 11.5 Å². The molecule has 0 N–H and O–H groups in total. The number of rotatable bonds is 17. The minimum atomic E-state index is -0.342. The second-order valence-electron chi connectivity index (χ2n) is 9.77. The van der Waals surface area contributed by atoms with Crippen molar-refractivity contribution < 1.29 is 14.3 Å². The van der Waals surface area contributed by atoms with Crippen LogP contribution in [-0.4, -0.2) is 17.6 Å². The number of hydrogen-bond acceptors (Lipinski definition) is 4. The number of carbonyl (C=O) groups is 1. The molecular formula is C33H43NO3. The van der Waals surface area contributed by atoms with E-state index >= 15 is 0 Å². The maximum Gasteiger partial charge on any atom is 0.343 e. The van der Waals surface area contributed by atoms with Gasteiger partial charge in [-0.1, -0.05) is 83.8 Å². The summed E-state index contributed by atoms with van der Waals surface area (Å²) in [5, 5.41) is 0. The lowest BCUT2D eigenvalue weighted by atomic mass is 10.0. The molecule has 0 fully saturated rings. The molecule has 4 nitrogen and oxygen atoms in total. The molecule has 3 aromatic rings. The molecule has 37 heavy (non-hydrogen) atoms. The van der Waals surface area contributed by atoms with E-state index in [1.54, 1.807) is 6.20 Å². The lowest BCUT2D eigenvalue weighted by Gasteiger charge is -2.08. The fourth-order valence-corrected chi connectivity index (χ4v) is 4.31. The largest absolute Gasteiger partial charge is 0.492 e. The number of unbranched alkanes of at least 4 members (excludes halogenated alkanes) is 9.